The molecule has 0 unspecified atom stereocenters. The van der Waals surface area contributed by atoms with Gasteiger partial charge in [-0.25, -0.2) is 4.79 Å². The first kappa shape index (κ1) is 18.8. The van der Waals surface area contributed by atoms with Gasteiger partial charge in [0, 0.05) is 6.54 Å². The van der Waals surface area contributed by atoms with Crippen LogP contribution in [-0.4, -0.2) is 41.5 Å². The Labute approximate surface area is 147 Å². The van der Waals surface area contributed by atoms with E-state index in [-0.39, 0.29) is 12.5 Å². The fourth-order valence-electron chi connectivity index (χ4n) is 2.86. The molecule has 2 atom stereocenters. The van der Waals surface area contributed by atoms with Crippen LogP contribution in [0.15, 0.2) is 30.3 Å². The highest BCUT2D eigenvalue weighted by Gasteiger charge is 2.36. The summed E-state index contributed by atoms with van der Waals surface area (Å²) < 4.78 is 5.15. The number of carbonyl (C=O) groups excluding carboxylic acids is 3. The highest BCUT2D eigenvalue weighted by molar-refractivity contribution is 5.89. The van der Waals surface area contributed by atoms with E-state index in [2.05, 4.69) is 5.32 Å². The molecule has 0 radical (unpaired) electrons. The number of nitrogens with zero attached hydrogens (tertiary/aromatic N) is 1. The molecule has 1 aromatic carbocycles. The molecule has 0 aliphatic carbocycles. The number of nitrogens with one attached hydrogen (secondary N) is 1. The fraction of sp³-hybridized carbons (Fsp3) is 0.500. The summed E-state index contributed by atoms with van der Waals surface area (Å²) in [6.07, 6.45) is 0.269. The summed E-state index contributed by atoms with van der Waals surface area (Å²) in [4.78, 5) is 37.2. The zero-order chi connectivity index (χ0) is 18.4. The van der Waals surface area contributed by atoms with Gasteiger partial charge in [-0.1, -0.05) is 44.2 Å². The predicted molar refractivity (Wildman–Crippen MR) is 88.1 cm³/mol. The molecule has 1 aliphatic heterocycles. The Kier molecular flexibility index (Phi) is 6.38. The lowest BCUT2D eigenvalue weighted by Gasteiger charge is -2.31. The maximum absolute atomic E-state index is 12.7. The molecule has 1 aliphatic rings. The number of benzene rings is 1. The predicted octanol–water partition coefficient (Wildman–Crippen LogP) is 0.678. The summed E-state index contributed by atoms with van der Waals surface area (Å²) in [5.74, 6) is -1.89. The monoisotopic (exact) mass is 347 g/mol. The Morgan fingerprint density at radius 3 is 2.56 bits per heavy atom. The van der Waals surface area contributed by atoms with Gasteiger partial charge in [-0.3, -0.25) is 4.79 Å². The molecule has 1 saturated heterocycles. The van der Waals surface area contributed by atoms with Gasteiger partial charge in [0.1, 0.15) is 12.6 Å². The van der Waals surface area contributed by atoms with E-state index in [1.54, 1.807) is 13.8 Å². The number of likely N-dealkylation sites (tertiary alicyclic amines) is 1. The third-order valence-electron chi connectivity index (χ3n) is 4.23. The van der Waals surface area contributed by atoms with Gasteiger partial charge in [-0.05, 0) is 24.3 Å². The normalized spacial score (nSPS) is 18.0. The number of hydrogen-bond donors (Lipinski definition) is 1. The standard InChI is InChI=1S/C18H24N2O5/c1-12(2)15(16(21)20-10-6-9-14(20)17(22)23)19-18(24)25-11-13-7-4-3-5-8-13/h3-5,7-8,12,14-15H,6,9-11H2,1-2H3,(H,19,24)(H,22,23)/p-1/t14-,15-/m0/s1. The molecule has 1 fully saturated rings. The summed E-state index contributed by atoms with van der Waals surface area (Å²) in [6, 6.07) is 7.41. The first-order valence-electron chi connectivity index (χ1n) is 8.38. The van der Waals surface area contributed by atoms with Crippen LogP contribution >= 0.6 is 0 Å². The molecule has 7 nitrogen and oxygen atoms in total. The summed E-state index contributed by atoms with van der Waals surface area (Å²) in [6.45, 7) is 4.01. The van der Waals surface area contributed by atoms with Crippen molar-refractivity contribution in [3.63, 3.8) is 0 Å². The molecular formula is C18H23N2O5-. The SMILES string of the molecule is CC(C)[C@H](NC(=O)OCc1ccccc1)C(=O)N1CCC[C@H]1C(=O)[O-]. The van der Waals surface area contributed by atoms with Gasteiger partial charge in [-0.2, -0.15) is 0 Å². The Bertz CT molecular complexity index is 617. The van der Waals surface area contributed by atoms with Gasteiger partial charge in [0.2, 0.25) is 5.91 Å². The maximum Gasteiger partial charge on any atom is 0.408 e. The van der Waals surface area contributed by atoms with E-state index in [1.165, 1.54) is 4.90 Å². The molecule has 0 bridgehead atoms. The third kappa shape index (κ3) is 4.95. The maximum atomic E-state index is 12.7. The van der Waals surface area contributed by atoms with Crippen LogP contribution in [-0.2, 0) is 20.9 Å². The molecule has 136 valence electrons. The van der Waals surface area contributed by atoms with Crippen LogP contribution in [0, 0.1) is 5.92 Å². The van der Waals surface area contributed by atoms with Gasteiger partial charge in [0.05, 0.1) is 12.0 Å². The number of hydrogen-bond acceptors (Lipinski definition) is 5. The second-order valence-electron chi connectivity index (χ2n) is 6.44. The summed E-state index contributed by atoms with van der Waals surface area (Å²) in [7, 11) is 0. The lowest BCUT2D eigenvalue weighted by molar-refractivity contribution is -0.310. The van der Waals surface area contributed by atoms with Crippen molar-refractivity contribution in [2.45, 2.75) is 45.4 Å². The number of carbonyl (C=O) groups is 3. The third-order valence-corrected chi connectivity index (χ3v) is 4.23. The zero-order valence-electron chi connectivity index (χ0n) is 14.4. The first-order chi connectivity index (χ1) is 11.9. The number of ether oxygens (including phenoxy) is 1. The van der Waals surface area contributed by atoms with Crippen molar-refractivity contribution < 1.29 is 24.2 Å². The van der Waals surface area contributed by atoms with Crippen molar-refractivity contribution in [3.8, 4) is 0 Å². The number of amides is 2. The molecular weight excluding hydrogens is 324 g/mol. The van der Waals surface area contributed by atoms with Crippen LogP contribution in [0.25, 0.3) is 0 Å². The molecule has 1 aromatic rings. The molecule has 2 rings (SSSR count). The van der Waals surface area contributed by atoms with E-state index < -0.39 is 30.1 Å². The van der Waals surface area contributed by atoms with Crippen molar-refractivity contribution in [3.05, 3.63) is 35.9 Å². The molecule has 1 N–H and O–H groups in total. The fourth-order valence-corrected chi connectivity index (χ4v) is 2.86. The Hall–Kier alpha value is -2.57. The van der Waals surface area contributed by atoms with Crippen LogP contribution in [0.5, 0.6) is 0 Å². The van der Waals surface area contributed by atoms with Crippen molar-refractivity contribution in [2.24, 2.45) is 5.92 Å². The average molecular weight is 347 g/mol. The molecule has 0 spiro atoms. The molecule has 7 heteroatoms. The largest absolute Gasteiger partial charge is 0.548 e. The van der Waals surface area contributed by atoms with Crippen LogP contribution in [0.3, 0.4) is 0 Å². The van der Waals surface area contributed by atoms with Crippen molar-refractivity contribution >= 4 is 18.0 Å². The van der Waals surface area contributed by atoms with E-state index in [4.69, 9.17) is 4.74 Å². The minimum Gasteiger partial charge on any atom is -0.548 e. The molecule has 1 heterocycles. The van der Waals surface area contributed by atoms with E-state index in [9.17, 15) is 19.5 Å². The quantitative estimate of drug-likeness (QED) is 0.816. The highest BCUT2D eigenvalue weighted by atomic mass is 16.5. The number of aliphatic carboxylic acids is 1. The highest BCUT2D eigenvalue weighted by Crippen LogP contribution is 2.19. The lowest BCUT2D eigenvalue weighted by Crippen LogP contribution is -2.55. The van der Waals surface area contributed by atoms with Crippen molar-refractivity contribution in [1.29, 1.82) is 0 Å². The Morgan fingerprint density at radius 2 is 1.96 bits per heavy atom. The summed E-state index contributed by atoms with van der Waals surface area (Å²) in [5, 5.41) is 13.7. The van der Waals surface area contributed by atoms with Gasteiger partial charge < -0.3 is 24.9 Å². The Balaban J connectivity index is 1.96. The number of alkyl carbamates (subject to hydrolysis) is 1. The number of carboxylic acid groups (broad SMARTS) is 1. The number of rotatable bonds is 6. The lowest BCUT2D eigenvalue weighted by atomic mass is 10.0. The van der Waals surface area contributed by atoms with E-state index in [0.717, 1.165) is 5.56 Å². The van der Waals surface area contributed by atoms with E-state index >= 15 is 0 Å². The van der Waals surface area contributed by atoms with Crippen molar-refractivity contribution in [1.82, 2.24) is 10.2 Å². The van der Waals surface area contributed by atoms with Gasteiger partial charge in [0.25, 0.3) is 0 Å². The minimum atomic E-state index is -1.26. The van der Waals surface area contributed by atoms with E-state index in [1.807, 2.05) is 30.3 Å². The molecule has 2 amide bonds. The van der Waals surface area contributed by atoms with Crippen LogP contribution in [0.2, 0.25) is 0 Å². The first-order valence-corrected chi connectivity index (χ1v) is 8.38. The average Bonchev–Trinajstić information content (AvgIpc) is 3.08. The smallest absolute Gasteiger partial charge is 0.408 e. The molecule has 25 heavy (non-hydrogen) atoms. The summed E-state index contributed by atoms with van der Waals surface area (Å²) in [5.41, 5.74) is 0.835. The molecule has 0 saturated carbocycles. The van der Waals surface area contributed by atoms with Crippen LogP contribution in [0.1, 0.15) is 32.3 Å². The molecule has 0 aromatic heterocycles. The number of carboxylic acids is 1. The second-order valence-corrected chi connectivity index (χ2v) is 6.44. The van der Waals surface area contributed by atoms with Crippen molar-refractivity contribution in [2.75, 3.05) is 6.54 Å². The summed E-state index contributed by atoms with van der Waals surface area (Å²) >= 11 is 0. The van der Waals surface area contributed by atoms with Crippen LogP contribution in [0.4, 0.5) is 4.79 Å². The zero-order valence-corrected chi connectivity index (χ0v) is 14.4. The van der Waals surface area contributed by atoms with Gasteiger partial charge >= 0.3 is 6.09 Å². The van der Waals surface area contributed by atoms with E-state index in [0.29, 0.717) is 19.4 Å². The Morgan fingerprint density at radius 1 is 1.28 bits per heavy atom. The minimum absolute atomic E-state index is 0.0943. The van der Waals surface area contributed by atoms with Gasteiger partial charge in [0.15, 0.2) is 0 Å². The second kappa shape index (κ2) is 8.50. The van der Waals surface area contributed by atoms with Gasteiger partial charge in [-0.15, -0.1) is 0 Å². The van der Waals surface area contributed by atoms with Crippen LogP contribution < -0.4 is 10.4 Å². The topological polar surface area (TPSA) is 98.8 Å².